The standard InChI is InChI=1S/C15H13N3O6S2/c1-7(20)24-4-8-5-26-12-9(11(21)18(12)10(8)13(22)23)17-14(25)15(2-3-15)16-6-19/h6,9,12H,4-5H2,1H3,(H,16,19)(H,17,25)(H,22,23)/t9-,12-/m1/s1. The van der Waals surface area contributed by atoms with E-state index >= 15 is 0 Å². The molecule has 2 aliphatic heterocycles. The molecule has 0 unspecified atom stereocenters. The Kier molecular flexibility index (Phi) is 4.64. The Balaban J connectivity index is 1.73. The number of rotatable bonds is 7. The van der Waals surface area contributed by atoms with Crippen molar-refractivity contribution < 1.29 is 29.0 Å². The molecule has 3 rings (SSSR count). The lowest BCUT2D eigenvalue weighted by Crippen LogP contribution is -2.72. The number of β-lactam (4-membered cyclic amide) rings is 1. The lowest BCUT2D eigenvalue weighted by molar-refractivity contribution is -0.148. The number of carbonyl (C=O) groups excluding carboxylic acids is 3. The van der Waals surface area contributed by atoms with Crippen molar-refractivity contribution in [3.05, 3.63) is 11.3 Å². The molecule has 9 nitrogen and oxygen atoms in total. The van der Waals surface area contributed by atoms with Crippen LogP contribution in [0.3, 0.4) is 0 Å². The second-order valence-corrected chi connectivity index (χ2v) is 7.17. The third-order valence-electron chi connectivity index (χ3n) is 3.98. The number of thiocarbonyl (C=S) groups is 1. The van der Waals surface area contributed by atoms with Gasteiger partial charge in [-0.2, -0.15) is 0 Å². The molecule has 2 amide bonds. The van der Waals surface area contributed by atoms with Crippen molar-refractivity contribution in [3.8, 4) is 11.8 Å². The van der Waals surface area contributed by atoms with Crippen LogP contribution in [-0.2, 0) is 23.9 Å². The zero-order valence-corrected chi connectivity index (χ0v) is 15.0. The Bertz CT molecular complexity index is 819. The van der Waals surface area contributed by atoms with Crippen molar-refractivity contribution in [2.24, 2.45) is 0 Å². The number of nitrogens with one attached hydrogen (secondary N) is 2. The molecule has 3 aliphatic rings. The highest BCUT2D eigenvalue weighted by Gasteiger charge is 2.55. The molecule has 26 heavy (non-hydrogen) atoms. The van der Waals surface area contributed by atoms with Gasteiger partial charge in [-0.25, -0.2) is 4.79 Å². The molecule has 3 N–H and O–H groups in total. The maximum absolute atomic E-state index is 12.5. The predicted molar refractivity (Wildman–Crippen MR) is 93.6 cm³/mol. The van der Waals surface area contributed by atoms with E-state index < -0.39 is 34.8 Å². The number of ether oxygens (including phenoxy) is 1. The van der Waals surface area contributed by atoms with Crippen LogP contribution in [0.25, 0.3) is 0 Å². The molecule has 11 heteroatoms. The number of fused-ring (bicyclic) bond motifs is 1. The average molecular weight is 395 g/mol. The van der Waals surface area contributed by atoms with E-state index in [4.69, 9.17) is 17.0 Å². The third kappa shape index (κ3) is 3.02. The molecule has 136 valence electrons. The van der Waals surface area contributed by atoms with Crippen LogP contribution in [0.5, 0.6) is 0 Å². The van der Waals surface area contributed by atoms with Crippen LogP contribution in [0.2, 0.25) is 0 Å². The number of esters is 1. The number of hydrogen-bond donors (Lipinski definition) is 3. The number of carbonyl (C=O) groups is 4. The van der Waals surface area contributed by atoms with Crippen molar-refractivity contribution in [3.63, 3.8) is 0 Å². The largest absolute Gasteiger partial charge is 0.477 e. The minimum atomic E-state index is -1.27. The maximum Gasteiger partial charge on any atom is 0.352 e. The summed E-state index contributed by atoms with van der Waals surface area (Å²) < 4.78 is 4.87. The third-order valence-corrected chi connectivity index (χ3v) is 5.74. The Morgan fingerprint density at radius 3 is 2.77 bits per heavy atom. The minimum Gasteiger partial charge on any atom is -0.477 e. The molecule has 0 bridgehead atoms. The number of hydrogen-bond acceptors (Lipinski definition) is 7. The molecule has 0 aromatic heterocycles. The summed E-state index contributed by atoms with van der Waals surface area (Å²) in [4.78, 5) is 47.0. The van der Waals surface area contributed by atoms with E-state index in [2.05, 4.69) is 22.5 Å². The van der Waals surface area contributed by atoms with Crippen molar-refractivity contribution in [1.82, 2.24) is 15.5 Å². The zero-order chi connectivity index (χ0) is 19.1. The van der Waals surface area contributed by atoms with Gasteiger partial charge < -0.3 is 20.5 Å². The highest BCUT2D eigenvalue weighted by atomic mass is 32.2. The number of thioether (sulfide) groups is 1. The van der Waals surface area contributed by atoms with Crippen LogP contribution < -0.4 is 10.6 Å². The molecule has 1 aliphatic carbocycles. The van der Waals surface area contributed by atoms with E-state index in [0.717, 1.165) is 4.90 Å². The Morgan fingerprint density at radius 1 is 1.54 bits per heavy atom. The van der Waals surface area contributed by atoms with Crippen molar-refractivity contribution in [1.29, 1.82) is 0 Å². The molecule has 2 heterocycles. The van der Waals surface area contributed by atoms with Gasteiger partial charge in [-0.1, -0.05) is 24.1 Å². The first-order valence-electron chi connectivity index (χ1n) is 7.40. The number of aliphatic carboxylic acids is 1. The highest BCUT2D eigenvalue weighted by Crippen LogP contribution is 2.40. The van der Waals surface area contributed by atoms with E-state index in [-0.39, 0.29) is 17.3 Å². The number of carboxylic acid groups (broad SMARTS) is 1. The van der Waals surface area contributed by atoms with Crippen LogP contribution in [-0.4, -0.2) is 68.6 Å². The summed E-state index contributed by atoms with van der Waals surface area (Å²) in [5.41, 5.74) is -0.913. The van der Waals surface area contributed by atoms with Gasteiger partial charge in [-0.05, 0) is 0 Å². The lowest BCUT2D eigenvalue weighted by atomic mass is 10.0. The molecule has 1 fully saturated rings. The second-order valence-electron chi connectivity index (χ2n) is 5.66. The molecule has 0 radical (unpaired) electrons. The lowest BCUT2D eigenvalue weighted by Gasteiger charge is -2.50. The first kappa shape index (κ1) is 18.2. The first-order chi connectivity index (χ1) is 12.3. The minimum absolute atomic E-state index is 0.162. The summed E-state index contributed by atoms with van der Waals surface area (Å²) in [6.07, 6.45) is 0.456. The topological polar surface area (TPSA) is 125 Å². The summed E-state index contributed by atoms with van der Waals surface area (Å²) in [6.45, 7) is 1.04. The molecule has 1 saturated heterocycles. The van der Waals surface area contributed by atoms with Gasteiger partial charge in [-0.15, -0.1) is 11.8 Å². The monoisotopic (exact) mass is 395 g/mol. The molecular formula is C15H13N3O6S2. The van der Waals surface area contributed by atoms with Crippen LogP contribution >= 0.6 is 24.0 Å². The summed E-state index contributed by atoms with van der Waals surface area (Å²) in [6, 6.07) is -0.730. The van der Waals surface area contributed by atoms with Gasteiger partial charge in [0.05, 0.1) is 0 Å². The fourth-order valence-corrected chi connectivity index (χ4v) is 4.25. The van der Waals surface area contributed by atoms with Gasteiger partial charge in [0.2, 0.25) is 11.9 Å². The first-order valence-corrected chi connectivity index (χ1v) is 8.86. The van der Waals surface area contributed by atoms with Gasteiger partial charge in [-0.3, -0.25) is 19.3 Å². The average Bonchev–Trinajstić information content (AvgIpc) is 3.37. The number of carboxylic acids is 1. The van der Waals surface area contributed by atoms with Crippen LogP contribution in [0.1, 0.15) is 6.92 Å². The van der Waals surface area contributed by atoms with Gasteiger partial charge in [0, 0.05) is 18.2 Å². The van der Waals surface area contributed by atoms with Gasteiger partial charge in [0.25, 0.3) is 5.91 Å². The van der Waals surface area contributed by atoms with Gasteiger partial charge >= 0.3 is 11.9 Å². The zero-order valence-electron chi connectivity index (χ0n) is 13.4. The van der Waals surface area contributed by atoms with Crippen molar-refractivity contribution in [2.75, 3.05) is 12.4 Å². The summed E-state index contributed by atoms with van der Waals surface area (Å²) in [5.74, 6) is 3.36. The molecule has 0 aromatic carbocycles. The molecule has 0 saturated carbocycles. The summed E-state index contributed by atoms with van der Waals surface area (Å²) in [7, 11) is 0. The van der Waals surface area contributed by atoms with Crippen molar-refractivity contribution >= 4 is 53.2 Å². The molecule has 0 aromatic rings. The van der Waals surface area contributed by atoms with E-state index in [0.29, 0.717) is 17.7 Å². The van der Waals surface area contributed by atoms with Gasteiger partial charge in [0.15, 0.2) is 0 Å². The Hall–Kier alpha value is -2.58. The van der Waals surface area contributed by atoms with E-state index in [1.54, 1.807) is 0 Å². The van der Waals surface area contributed by atoms with Gasteiger partial charge in [0.1, 0.15) is 28.7 Å². The van der Waals surface area contributed by atoms with Crippen LogP contribution in [0.4, 0.5) is 0 Å². The maximum atomic E-state index is 12.5. The van der Waals surface area contributed by atoms with Crippen LogP contribution in [0, 0.1) is 11.8 Å². The fourth-order valence-electron chi connectivity index (χ4n) is 2.63. The van der Waals surface area contributed by atoms with E-state index in [9.17, 15) is 24.3 Å². The molecule has 2 atom stereocenters. The number of amides is 2. The van der Waals surface area contributed by atoms with E-state index in [1.165, 1.54) is 18.7 Å². The smallest absolute Gasteiger partial charge is 0.352 e. The van der Waals surface area contributed by atoms with Crippen LogP contribution in [0.15, 0.2) is 11.3 Å². The Labute approximate surface area is 157 Å². The fraction of sp³-hybridized carbons (Fsp3) is 0.400. The normalized spacial score (nSPS) is 24.3. The summed E-state index contributed by atoms with van der Waals surface area (Å²) >= 11 is 6.52. The quantitative estimate of drug-likeness (QED) is 0.157. The number of nitrogens with zero attached hydrogens (tertiary/aromatic N) is 1. The summed E-state index contributed by atoms with van der Waals surface area (Å²) in [5, 5.41) is 14.3. The molecule has 0 spiro atoms. The second kappa shape index (κ2) is 6.62. The Morgan fingerprint density at radius 2 is 2.23 bits per heavy atom. The highest BCUT2D eigenvalue weighted by molar-refractivity contribution is 8.00. The van der Waals surface area contributed by atoms with Crippen molar-refractivity contribution in [2.45, 2.75) is 23.9 Å². The SMILES string of the molecule is CC(=O)OCC1=C(C(=O)O)N2C(=O)[C@@H](NC(=S)C3(NC=O)C#C3)[C@H]2SC1. The molecular weight excluding hydrogens is 382 g/mol. The predicted octanol–water partition coefficient (Wildman–Crippen LogP) is -1.41. The van der Waals surface area contributed by atoms with E-state index in [1.807, 2.05) is 0 Å².